The van der Waals surface area contributed by atoms with Crippen LogP contribution in [-0.2, 0) is 6.42 Å². The van der Waals surface area contributed by atoms with E-state index in [1.807, 2.05) is 18.2 Å². The number of H-pyrrole nitrogens is 2. The minimum absolute atomic E-state index is 0.551. The molecule has 22 heavy (non-hydrogen) atoms. The molecule has 2 aromatic heterocycles. The van der Waals surface area contributed by atoms with Crippen molar-refractivity contribution in [2.45, 2.75) is 38.0 Å². The molecule has 0 saturated heterocycles. The van der Waals surface area contributed by atoms with Crippen molar-refractivity contribution in [2.24, 2.45) is 0 Å². The zero-order chi connectivity index (χ0) is 14.9. The minimum atomic E-state index is 0.551. The van der Waals surface area contributed by atoms with E-state index in [1.54, 1.807) is 0 Å². The van der Waals surface area contributed by atoms with Crippen LogP contribution in [0.1, 0.15) is 43.1 Å². The molecule has 2 N–H and O–H groups in total. The maximum absolute atomic E-state index is 4.71. The molecule has 4 rings (SSSR count). The summed E-state index contributed by atoms with van der Waals surface area (Å²) in [7, 11) is 0. The van der Waals surface area contributed by atoms with Crippen LogP contribution in [-0.4, -0.2) is 25.4 Å². The molecule has 1 saturated carbocycles. The summed E-state index contributed by atoms with van der Waals surface area (Å²) in [6.07, 6.45) is 7.70. The zero-order valence-corrected chi connectivity index (χ0v) is 12.5. The molecule has 1 aliphatic rings. The molecular weight excluding hydrogens is 274 g/mol. The van der Waals surface area contributed by atoms with Crippen molar-refractivity contribution in [3.8, 4) is 11.4 Å². The van der Waals surface area contributed by atoms with Crippen molar-refractivity contribution in [2.75, 3.05) is 0 Å². The Kier molecular flexibility index (Phi) is 3.25. The van der Waals surface area contributed by atoms with E-state index in [0.29, 0.717) is 5.92 Å². The Morgan fingerprint density at radius 1 is 1.18 bits per heavy atom. The van der Waals surface area contributed by atoms with E-state index in [-0.39, 0.29) is 0 Å². The number of nitrogens with zero attached hydrogens (tertiary/aromatic N) is 3. The largest absolute Gasteiger partial charge is 0.281 e. The van der Waals surface area contributed by atoms with E-state index in [9.17, 15) is 0 Å². The maximum Gasteiger partial charge on any atom is 0.181 e. The van der Waals surface area contributed by atoms with Crippen molar-refractivity contribution >= 4 is 10.9 Å². The number of hydrogen-bond acceptors (Lipinski definition) is 3. The predicted molar refractivity (Wildman–Crippen MR) is 86.6 cm³/mol. The van der Waals surface area contributed by atoms with Gasteiger partial charge in [-0.2, -0.15) is 10.2 Å². The van der Waals surface area contributed by atoms with Crippen LogP contribution in [0.2, 0.25) is 0 Å². The SMILES string of the molecule is C=CCc1[nH]nc2ccc(-c3n[nH]c(C4CCCC4)n3)cc12. The molecule has 1 aromatic carbocycles. The number of aromatic nitrogens is 5. The van der Waals surface area contributed by atoms with Crippen LogP contribution < -0.4 is 0 Å². The van der Waals surface area contributed by atoms with Gasteiger partial charge in [0.15, 0.2) is 5.82 Å². The van der Waals surface area contributed by atoms with Gasteiger partial charge in [0.05, 0.1) is 5.52 Å². The summed E-state index contributed by atoms with van der Waals surface area (Å²) in [5.41, 5.74) is 3.07. The van der Waals surface area contributed by atoms with Crippen LogP contribution in [0.4, 0.5) is 0 Å². The molecule has 2 heterocycles. The van der Waals surface area contributed by atoms with E-state index in [1.165, 1.54) is 25.7 Å². The second-order valence-corrected chi connectivity index (χ2v) is 5.95. The Bertz CT molecular complexity index is 807. The molecule has 0 amide bonds. The van der Waals surface area contributed by atoms with Crippen molar-refractivity contribution in [1.29, 1.82) is 0 Å². The maximum atomic E-state index is 4.71. The van der Waals surface area contributed by atoms with Gasteiger partial charge in [-0.05, 0) is 31.0 Å². The third kappa shape index (κ3) is 2.22. The number of fused-ring (bicyclic) bond motifs is 1. The van der Waals surface area contributed by atoms with Gasteiger partial charge in [0, 0.05) is 29.0 Å². The molecule has 5 heteroatoms. The Labute approximate surface area is 128 Å². The molecule has 1 aliphatic carbocycles. The third-order valence-corrected chi connectivity index (χ3v) is 4.48. The van der Waals surface area contributed by atoms with E-state index >= 15 is 0 Å². The molecule has 0 unspecified atom stereocenters. The number of rotatable bonds is 4. The van der Waals surface area contributed by atoms with Crippen LogP contribution in [0.25, 0.3) is 22.3 Å². The van der Waals surface area contributed by atoms with Gasteiger partial charge in [-0.15, -0.1) is 6.58 Å². The van der Waals surface area contributed by atoms with Crippen LogP contribution in [0.3, 0.4) is 0 Å². The summed E-state index contributed by atoms with van der Waals surface area (Å²) < 4.78 is 0. The zero-order valence-electron chi connectivity index (χ0n) is 12.5. The smallest absolute Gasteiger partial charge is 0.181 e. The van der Waals surface area contributed by atoms with Crippen molar-refractivity contribution in [3.63, 3.8) is 0 Å². The number of benzene rings is 1. The Morgan fingerprint density at radius 3 is 2.86 bits per heavy atom. The molecule has 0 spiro atoms. The summed E-state index contributed by atoms with van der Waals surface area (Å²) in [6, 6.07) is 6.15. The summed E-state index contributed by atoms with van der Waals surface area (Å²) in [4.78, 5) is 4.71. The quantitative estimate of drug-likeness (QED) is 0.720. The van der Waals surface area contributed by atoms with Crippen LogP contribution in [0.5, 0.6) is 0 Å². The highest BCUT2D eigenvalue weighted by molar-refractivity contribution is 5.85. The summed E-state index contributed by atoms with van der Waals surface area (Å²) in [5.74, 6) is 2.36. The average Bonchev–Trinajstić information content (AvgIpc) is 3.28. The summed E-state index contributed by atoms with van der Waals surface area (Å²) >= 11 is 0. The summed E-state index contributed by atoms with van der Waals surface area (Å²) in [6.45, 7) is 3.79. The van der Waals surface area contributed by atoms with Gasteiger partial charge in [0.1, 0.15) is 5.82 Å². The first-order valence-corrected chi connectivity index (χ1v) is 7.85. The van der Waals surface area contributed by atoms with E-state index in [4.69, 9.17) is 4.98 Å². The van der Waals surface area contributed by atoms with Gasteiger partial charge in [0.2, 0.25) is 0 Å². The van der Waals surface area contributed by atoms with Crippen molar-refractivity contribution in [1.82, 2.24) is 25.4 Å². The molecule has 0 aliphatic heterocycles. The fourth-order valence-corrected chi connectivity index (χ4v) is 3.29. The van der Waals surface area contributed by atoms with Gasteiger partial charge in [-0.3, -0.25) is 10.2 Å². The Hall–Kier alpha value is -2.43. The topological polar surface area (TPSA) is 70.2 Å². The Morgan fingerprint density at radius 2 is 2.05 bits per heavy atom. The first-order chi connectivity index (χ1) is 10.8. The molecule has 5 nitrogen and oxygen atoms in total. The van der Waals surface area contributed by atoms with E-state index in [2.05, 4.69) is 33.0 Å². The normalized spacial score (nSPS) is 15.6. The molecule has 3 aromatic rings. The highest BCUT2D eigenvalue weighted by Gasteiger charge is 2.21. The van der Waals surface area contributed by atoms with E-state index < -0.39 is 0 Å². The third-order valence-electron chi connectivity index (χ3n) is 4.48. The second kappa shape index (κ2) is 5.40. The van der Waals surface area contributed by atoms with Crippen LogP contribution in [0.15, 0.2) is 30.9 Å². The Balaban J connectivity index is 1.70. The number of allylic oxidation sites excluding steroid dienone is 1. The average molecular weight is 293 g/mol. The van der Waals surface area contributed by atoms with E-state index in [0.717, 1.165) is 40.2 Å². The van der Waals surface area contributed by atoms with Gasteiger partial charge < -0.3 is 0 Å². The van der Waals surface area contributed by atoms with Gasteiger partial charge >= 0.3 is 0 Å². The molecular formula is C17H19N5. The monoisotopic (exact) mass is 293 g/mol. The second-order valence-electron chi connectivity index (χ2n) is 5.95. The standard InChI is InChI=1S/C17H19N5/c1-2-5-14-13-10-12(8-9-15(13)20-19-14)17-18-16(21-22-17)11-6-3-4-7-11/h2,8-11H,1,3-7H2,(H,19,20)(H,18,21,22). The van der Waals surface area contributed by atoms with Gasteiger partial charge in [-0.25, -0.2) is 4.98 Å². The predicted octanol–water partition coefficient (Wildman–Crippen LogP) is 3.73. The number of aromatic amines is 2. The first-order valence-electron chi connectivity index (χ1n) is 7.85. The number of nitrogens with one attached hydrogen (secondary N) is 2. The fourth-order valence-electron chi connectivity index (χ4n) is 3.29. The first kappa shape index (κ1) is 13.2. The number of hydrogen-bond donors (Lipinski definition) is 2. The lowest BCUT2D eigenvalue weighted by molar-refractivity contribution is 0.672. The van der Waals surface area contributed by atoms with Crippen molar-refractivity contribution < 1.29 is 0 Å². The van der Waals surface area contributed by atoms with Gasteiger partial charge in [0.25, 0.3) is 0 Å². The lowest BCUT2D eigenvalue weighted by Crippen LogP contribution is -1.94. The molecule has 112 valence electrons. The fraction of sp³-hybridized carbons (Fsp3) is 0.353. The highest BCUT2D eigenvalue weighted by atomic mass is 15.2. The van der Waals surface area contributed by atoms with Gasteiger partial charge in [-0.1, -0.05) is 18.9 Å². The van der Waals surface area contributed by atoms with Crippen LogP contribution >= 0.6 is 0 Å². The molecule has 0 bridgehead atoms. The minimum Gasteiger partial charge on any atom is -0.281 e. The molecule has 0 radical (unpaired) electrons. The molecule has 1 fully saturated rings. The van der Waals surface area contributed by atoms with Crippen LogP contribution in [0, 0.1) is 0 Å². The van der Waals surface area contributed by atoms with Crippen molar-refractivity contribution in [3.05, 3.63) is 42.4 Å². The highest BCUT2D eigenvalue weighted by Crippen LogP contribution is 2.33. The lowest BCUT2D eigenvalue weighted by atomic mass is 10.1. The summed E-state index contributed by atoms with van der Waals surface area (Å²) in [5, 5.41) is 16.0. The lowest BCUT2D eigenvalue weighted by Gasteiger charge is -2.02. The molecule has 0 atom stereocenters.